The van der Waals surface area contributed by atoms with Crippen LogP contribution in [0, 0.1) is 0 Å². The highest BCUT2D eigenvalue weighted by atomic mass is 35.5. The third-order valence-corrected chi connectivity index (χ3v) is 3.85. The second-order valence-corrected chi connectivity index (χ2v) is 5.61. The summed E-state index contributed by atoms with van der Waals surface area (Å²) in [4.78, 5) is 15.5. The lowest BCUT2D eigenvalue weighted by Crippen LogP contribution is -2.30. The molecule has 0 fully saturated rings. The van der Waals surface area contributed by atoms with Gasteiger partial charge in [-0.15, -0.1) is 0 Å². The molecule has 0 aliphatic heterocycles. The number of esters is 1. The first-order valence-corrected chi connectivity index (χ1v) is 7.24. The van der Waals surface area contributed by atoms with Crippen LogP contribution in [0.5, 0.6) is 5.75 Å². The summed E-state index contributed by atoms with van der Waals surface area (Å²) >= 11 is 12.7. The number of thiazole rings is 1. The van der Waals surface area contributed by atoms with Crippen LogP contribution in [-0.2, 0) is 4.79 Å². The van der Waals surface area contributed by atoms with Crippen LogP contribution in [-0.4, -0.2) is 24.2 Å². The molecule has 5 nitrogen and oxygen atoms in total. The number of ether oxygens (including phenoxy) is 1. The number of halogens is 2. The van der Waals surface area contributed by atoms with Crippen molar-refractivity contribution in [1.29, 1.82) is 0 Å². The molecule has 0 spiro atoms. The molecule has 2 aromatic rings. The molecular formula is C12H11Cl2N3O2S. The normalized spacial score (nSPS) is 10.3. The fourth-order valence-corrected chi connectivity index (χ4v) is 2.41. The highest BCUT2D eigenvalue weighted by Gasteiger charge is 2.07. The molecule has 0 radical (unpaired) electrons. The number of anilines is 1. The summed E-state index contributed by atoms with van der Waals surface area (Å²) in [7, 11) is 0. The van der Waals surface area contributed by atoms with Crippen LogP contribution in [0.1, 0.15) is 0 Å². The number of nitrogens with one attached hydrogen (secondary N) is 2. The Balaban J connectivity index is 1.67. The predicted molar refractivity (Wildman–Crippen MR) is 80.7 cm³/mol. The quantitative estimate of drug-likeness (QED) is 0.368. The van der Waals surface area contributed by atoms with Gasteiger partial charge in [-0.3, -0.25) is 10.1 Å². The first-order valence-electron chi connectivity index (χ1n) is 5.67. The zero-order valence-electron chi connectivity index (χ0n) is 10.2. The van der Waals surface area contributed by atoms with Gasteiger partial charge in [-0.05, 0) is 12.1 Å². The van der Waals surface area contributed by atoms with Crippen LogP contribution >= 0.6 is 34.5 Å². The molecule has 0 aliphatic carbocycles. The van der Waals surface area contributed by atoms with E-state index in [0.29, 0.717) is 21.9 Å². The second kappa shape index (κ2) is 7.44. The molecule has 0 atom stereocenters. The molecule has 0 saturated heterocycles. The number of hydrogen-bond acceptors (Lipinski definition) is 6. The first-order chi connectivity index (χ1) is 9.65. The minimum Gasteiger partial charge on any atom is -0.426 e. The Bertz CT molecular complexity index is 558. The minimum absolute atomic E-state index is 0.0781. The largest absolute Gasteiger partial charge is 0.426 e. The van der Waals surface area contributed by atoms with Crippen molar-refractivity contribution in [3.8, 4) is 5.75 Å². The SMILES string of the molecule is O=C(CNCNc1nc(Cl)c(Cl)s1)Oc1ccccc1. The van der Waals surface area contributed by atoms with E-state index in [0.717, 1.165) is 0 Å². The van der Waals surface area contributed by atoms with E-state index < -0.39 is 0 Å². The number of para-hydroxylation sites is 1. The molecular weight excluding hydrogens is 321 g/mol. The zero-order chi connectivity index (χ0) is 14.4. The number of hydrogen-bond donors (Lipinski definition) is 2. The Hall–Kier alpha value is -1.34. The lowest BCUT2D eigenvalue weighted by molar-refractivity contribution is -0.133. The molecule has 1 aromatic carbocycles. The summed E-state index contributed by atoms with van der Waals surface area (Å²) in [5.74, 6) is 0.152. The van der Waals surface area contributed by atoms with E-state index in [1.54, 1.807) is 24.3 Å². The second-order valence-electron chi connectivity index (χ2n) is 3.65. The molecule has 1 heterocycles. The van der Waals surface area contributed by atoms with Crippen molar-refractivity contribution in [2.75, 3.05) is 18.5 Å². The van der Waals surface area contributed by atoms with E-state index in [4.69, 9.17) is 27.9 Å². The summed E-state index contributed by atoms with van der Waals surface area (Å²) in [6, 6.07) is 8.89. The Morgan fingerprint density at radius 2 is 2.05 bits per heavy atom. The topological polar surface area (TPSA) is 63.2 Å². The molecule has 1 aromatic heterocycles. The predicted octanol–water partition coefficient (Wildman–Crippen LogP) is 3.01. The molecule has 2 N–H and O–H groups in total. The Morgan fingerprint density at radius 1 is 1.30 bits per heavy atom. The molecule has 0 bridgehead atoms. The van der Waals surface area contributed by atoms with Crippen LogP contribution in [0.2, 0.25) is 9.49 Å². The van der Waals surface area contributed by atoms with Gasteiger partial charge in [0.2, 0.25) is 0 Å². The summed E-state index contributed by atoms with van der Waals surface area (Å²) in [6.45, 7) is 0.429. The smallest absolute Gasteiger partial charge is 0.325 e. The maximum Gasteiger partial charge on any atom is 0.325 e. The van der Waals surface area contributed by atoms with Gasteiger partial charge >= 0.3 is 5.97 Å². The van der Waals surface area contributed by atoms with Gasteiger partial charge < -0.3 is 10.1 Å². The van der Waals surface area contributed by atoms with Crippen molar-refractivity contribution >= 4 is 45.6 Å². The lowest BCUT2D eigenvalue weighted by atomic mass is 10.3. The summed E-state index contributed by atoms with van der Waals surface area (Å²) in [5, 5.41) is 6.68. The third-order valence-electron chi connectivity index (χ3n) is 2.16. The van der Waals surface area contributed by atoms with Crippen molar-refractivity contribution in [3.63, 3.8) is 0 Å². The monoisotopic (exact) mass is 331 g/mol. The van der Waals surface area contributed by atoms with Crippen LogP contribution in [0.3, 0.4) is 0 Å². The van der Waals surface area contributed by atoms with Gasteiger partial charge in [0.25, 0.3) is 0 Å². The highest BCUT2D eigenvalue weighted by Crippen LogP contribution is 2.30. The Labute approximate surface area is 129 Å². The van der Waals surface area contributed by atoms with Crippen LogP contribution < -0.4 is 15.4 Å². The fraction of sp³-hybridized carbons (Fsp3) is 0.167. The summed E-state index contributed by atoms with van der Waals surface area (Å²) in [5.41, 5.74) is 0. The first kappa shape index (κ1) is 15.1. The van der Waals surface area contributed by atoms with Crippen LogP contribution in [0.4, 0.5) is 5.13 Å². The molecule has 20 heavy (non-hydrogen) atoms. The van der Waals surface area contributed by atoms with Crippen molar-refractivity contribution < 1.29 is 9.53 Å². The molecule has 0 amide bonds. The Kier molecular flexibility index (Phi) is 5.60. The van der Waals surface area contributed by atoms with E-state index in [1.165, 1.54) is 11.3 Å². The van der Waals surface area contributed by atoms with Gasteiger partial charge in [-0.1, -0.05) is 52.7 Å². The fourth-order valence-electron chi connectivity index (χ4n) is 1.32. The highest BCUT2D eigenvalue weighted by molar-refractivity contribution is 7.20. The lowest BCUT2D eigenvalue weighted by Gasteiger charge is -2.06. The number of nitrogens with zero attached hydrogens (tertiary/aromatic N) is 1. The zero-order valence-corrected chi connectivity index (χ0v) is 12.6. The summed E-state index contributed by atoms with van der Waals surface area (Å²) < 4.78 is 5.53. The van der Waals surface area contributed by atoms with Crippen molar-refractivity contribution in [2.45, 2.75) is 0 Å². The van der Waals surface area contributed by atoms with Gasteiger partial charge in [0, 0.05) is 0 Å². The van der Waals surface area contributed by atoms with E-state index in [1.807, 2.05) is 6.07 Å². The number of aromatic nitrogens is 1. The molecule has 2 rings (SSSR count). The molecule has 0 saturated carbocycles. The van der Waals surface area contributed by atoms with Gasteiger partial charge in [-0.2, -0.15) is 0 Å². The van der Waals surface area contributed by atoms with Gasteiger partial charge in [0.15, 0.2) is 10.3 Å². The van der Waals surface area contributed by atoms with E-state index in [-0.39, 0.29) is 17.7 Å². The minimum atomic E-state index is -0.367. The van der Waals surface area contributed by atoms with Crippen molar-refractivity contribution in [3.05, 3.63) is 39.8 Å². The van der Waals surface area contributed by atoms with Gasteiger partial charge in [-0.25, -0.2) is 4.98 Å². The summed E-state index contributed by atoms with van der Waals surface area (Å²) in [6.07, 6.45) is 0. The molecule has 0 aliphatic rings. The third kappa shape index (κ3) is 4.64. The standard InChI is InChI=1S/C12H11Cl2N3O2S/c13-10-11(14)20-12(17-10)16-7-15-6-9(18)19-8-4-2-1-3-5-8/h1-5,15H,6-7H2,(H,16,17). The van der Waals surface area contributed by atoms with E-state index >= 15 is 0 Å². The van der Waals surface area contributed by atoms with E-state index in [2.05, 4.69) is 15.6 Å². The van der Waals surface area contributed by atoms with Crippen molar-refractivity contribution in [1.82, 2.24) is 10.3 Å². The van der Waals surface area contributed by atoms with E-state index in [9.17, 15) is 4.79 Å². The number of rotatable bonds is 6. The Morgan fingerprint density at radius 3 is 2.70 bits per heavy atom. The van der Waals surface area contributed by atoms with Gasteiger partial charge in [0.1, 0.15) is 10.1 Å². The van der Waals surface area contributed by atoms with Gasteiger partial charge in [0.05, 0.1) is 13.2 Å². The van der Waals surface area contributed by atoms with Crippen molar-refractivity contribution in [2.24, 2.45) is 0 Å². The number of carbonyl (C=O) groups excluding carboxylic acids is 1. The molecule has 106 valence electrons. The average molecular weight is 332 g/mol. The van der Waals surface area contributed by atoms with Crippen LogP contribution in [0.25, 0.3) is 0 Å². The average Bonchev–Trinajstić information content (AvgIpc) is 2.75. The number of benzene rings is 1. The van der Waals surface area contributed by atoms with Crippen LogP contribution in [0.15, 0.2) is 30.3 Å². The maximum atomic E-state index is 11.5. The molecule has 8 heteroatoms. The maximum absolute atomic E-state index is 11.5. The molecule has 0 unspecified atom stereocenters. The number of carbonyl (C=O) groups is 1.